The third-order valence-electron chi connectivity index (χ3n) is 3.64. The predicted octanol–water partition coefficient (Wildman–Crippen LogP) is 5.00. The zero-order valence-corrected chi connectivity index (χ0v) is 14.2. The van der Waals surface area contributed by atoms with Gasteiger partial charge in [-0.25, -0.2) is 0 Å². The Morgan fingerprint density at radius 2 is 1.90 bits per heavy atom. The summed E-state index contributed by atoms with van der Waals surface area (Å²) in [5.41, 5.74) is 2.42. The molecule has 1 aliphatic heterocycles. The van der Waals surface area contributed by atoms with Gasteiger partial charge in [-0.1, -0.05) is 44.0 Å². The number of benzene rings is 2. The van der Waals surface area contributed by atoms with Gasteiger partial charge in [-0.2, -0.15) is 0 Å². The first-order valence-electron chi connectivity index (χ1n) is 6.56. The van der Waals surface area contributed by atoms with Gasteiger partial charge in [0.25, 0.3) is 0 Å². The van der Waals surface area contributed by atoms with Crippen LogP contribution >= 0.6 is 31.9 Å². The van der Waals surface area contributed by atoms with E-state index in [0.29, 0.717) is 6.04 Å². The largest absolute Gasteiger partial charge is 0.485 e. The van der Waals surface area contributed by atoms with Crippen molar-refractivity contribution in [1.82, 2.24) is 5.32 Å². The zero-order valence-electron chi connectivity index (χ0n) is 11.1. The van der Waals surface area contributed by atoms with E-state index in [-0.39, 0.29) is 6.10 Å². The van der Waals surface area contributed by atoms with E-state index in [9.17, 15) is 0 Å². The molecule has 0 fully saturated rings. The van der Waals surface area contributed by atoms with Gasteiger partial charge in [-0.15, -0.1) is 0 Å². The number of rotatable bonds is 2. The highest BCUT2D eigenvalue weighted by atomic mass is 79.9. The summed E-state index contributed by atoms with van der Waals surface area (Å²) in [6.45, 7) is 0. The molecule has 0 bridgehead atoms. The standard InChI is InChI=1S/C16H15Br2NO/c1-19-14-9-16(10-3-2-4-11(17)7-10)20-15-6-5-12(18)8-13(14)15/h2-8,14,16,19H,9H2,1H3. The summed E-state index contributed by atoms with van der Waals surface area (Å²) in [5.74, 6) is 0.962. The van der Waals surface area contributed by atoms with E-state index in [2.05, 4.69) is 55.4 Å². The third-order valence-corrected chi connectivity index (χ3v) is 4.62. The van der Waals surface area contributed by atoms with Crippen LogP contribution in [0.4, 0.5) is 0 Å². The number of nitrogens with one attached hydrogen (secondary N) is 1. The van der Waals surface area contributed by atoms with Gasteiger partial charge < -0.3 is 10.1 Å². The molecule has 2 aromatic carbocycles. The Labute approximate surface area is 135 Å². The topological polar surface area (TPSA) is 21.3 Å². The molecule has 0 aromatic heterocycles. The molecule has 4 heteroatoms. The van der Waals surface area contributed by atoms with Crippen molar-refractivity contribution in [2.45, 2.75) is 18.6 Å². The van der Waals surface area contributed by atoms with Crippen LogP contribution < -0.4 is 10.1 Å². The molecule has 1 N–H and O–H groups in total. The summed E-state index contributed by atoms with van der Waals surface area (Å²) in [6, 6.07) is 14.8. The van der Waals surface area contributed by atoms with Crippen molar-refractivity contribution in [1.29, 1.82) is 0 Å². The highest BCUT2D eigenvalue weighted by molar-refractivity contribution is 9.10. The van der Waals surface area contributed by atoms with Gasteiger partial charge in [0.15, 0.2) is 0 Å². The van der Waals surface area contributed by atoms with Gasteiger partial charge in [0.1, 0.15) is 11.9 Å². The van der Waals surface area contributed by atoms with Gasteiger partial charge in [0.2, 0.25) is 0 Å². The monoisotopic (exact) mass is 395 g/mol. The lowest BCUT2D eigenvalue weighted by atomic mass is 9.93. The fourth-order valence-electron chi connectivity index (χ4n) is 2.63. The van der Waals surface area contributed by atoms with Crippen LogP contribution in [0, 0.1) is 0 Å². The van der Waals surface area contributed by atoms with Crippen LogP contribution in [-0.4, -0.2) is 7.05 Å². The Balaban J connectivity index is 1.96. The summed E-state index contributed by atoms with van der Waals surface area (Å²) in [6.07, 6.45) is 1.01. The second kappa shape index (κ2) is 5.88. The van der Waals surface area contributed by atoms with Crippen LogP contribution in [0.15, 0.2) is 51.4 Å². The highest BCUT2D eigenvalue weighted by Gasteiger charge is 2.28. The van der Waals surface area contributed by atoms with Crippen molar-refractivity contribution < 1.29 is 4.74 Å². The minimum atomic E-state index is 0.0821. The molecule has 0 saturated heterocycles. The molecular formula is C16H15Br2NO. The number of halogens is 2. The van der Waals surface area contributed by atoms with E-state index in [0.717, 1.165) is 21.1 Å². The molecule has 0 saturated carbocycles. The molecule has 20 heavy (non-hydrogen) atoms. The lowest BCUT2D eigenvalue weighted by Gasteiger charge is -2.32. The fraction of sp³-hybridized carbons (Fsp3) is 0.250. The first-order chi connectivity index (χ1) is 9.67. The average molecular weight is 397 g/mol. The Hall–Kier alpha value is -0.840. The van der Waals surface area contributed by atoms with Crippen LogP contribution in [0.1, 0.15) is 29.7 Å². The highest BCUT2D eigenvalue weighted by Crippen LogP contribution is 2.41. The number of fused-ring (bicyclic) bond motifs is 1. The minimum absolute atomic E-state index is 0.0821. The average Bonchev–Trinajstić information content (AvgIpc) is 2.46. The molecule has 3 rings (SSSR count). The van der Waals surface area contributed by atoms with Crippen LogP contribution in [0.3, 0.4) is 0 Å². The number of ether oxygens (including phenoxy) is 1. The van der Waals surface area contributed by atoms with Crippen LogP contribution in [0.25, 0.3) is 0 Å². The Kier molecular flexibility index (Phi) is 4.15. The van der Waals surface area contributed by atoms with Gasteiger partial charge in [0, 0.05) is 27.0 Å². The normalized spacial score (nSPS) is 21.1. The number of hydrogen-bond acceptors (Lipinski definition) is 2. The molecule has 0 radical (unpaired) electrons. The Morgan fingerprint density at radius 3 is 2.65 bits per heavy atom. The summed E-state index contributed by atoms with van der Waals surface area (Å²) >= 11 is 7.05. The second-order valence-electron chi connectivity index (χ2n) is 4.92. The fourth-order valence-corrected chi connectivity index (χ4v) is 3.42. The van der Waals surface area contributed by atoms with Crippen molar-refractivity contribution in [3.8, 4) is 5.75 Å². The summed E-state index contributed by atoms with van der Waals surface area (Å²) in [7, 11) is 2.00. The molecule has 0 spiro atoms. The molecular weight excluding hydrogens is 382 g/mol. The molecule has 2 atom stereocenters. The summed E-state index contributed by atoms with van der Waals surface area (Å²) < 4.78 is 8.35. The van der Waals surface area contributed by atoms with Crippen molar-refractivity contribution in [3.63, 3.8) is 0 Å². The third kappa shape index (κ3) is 2.78. The predicted molar refractivity (Wildman–Crippen MR) is 88.1 cm³/mol. The van der Waals surface area contributed by atoms with E-state index in [1.165, 1.54) is 11.1 Å². The molecule has 2 unspecified atom stereocenters. The summed E-state index contributed by atoms with van der Waals surface area (Å²) in [4.78, 5) is 0. The summed E-state index contributed by atoms with van der Waals surface area (Å²) in [5, 5.41) is 3.39. The molecule has 1 aliphatic rings. The Morgan fingerprint density at radius 1 is 1.10 bits per heavy atom. The zero-order chi connectivity index (χ0) is 14.1. The van der Waals surface area contributed by atoms with E-state index in [4.69, 9.17) is 4.74 Å². The smallest absolute Gasteiger partial charge is 0.126 e. The van der Waals surface area contributed by atoms with Crippen LogP contribution in [0.2, 0.25) is 0 Å². The quantitative estimate of drug-likeness (QED) is 0.771. The van der Waals surface area contributed by atoms with Crippen molar-refractivity contribution in [2.24, 2.45) is 0 Å². The van der Waals surface area contributed by atoms with E-state index in [1.807, 2.05) is 31.3 Å². The van der Waals surface area contributed by atoms with Crippen LogP contribution in [-0.2, 0) is 0 Å². The lowest BCUT2D eigenvalue weighted by molar-refractivity contribution is 0.154. The van der Waals surface area contributed by atoms with Crippen LogP contribution in [0.5, 0.6) is 5.75 Å². The second-order valence-corrected chi connectivity index (χ2v) is 6.75. The first kappa shape index (κ1) is 14.1. The maximum atomic E-state index is 6.18. The molecule has 0 aliphatic carbocycles. The lowest BCUT2D eigenvalue weighted by Crippen LogP contribution is -2.26. The first-order valence-corrected chi connectivity index (χ1v) is 8.15. The molecule has 0 amide bonds. The van der Waals surface area contributed by atoms with E-state index in [1.54, 1.807) is 0 Å². The molecule has 2 nitrogen and oxygen atoms in total. The van der Waals surface area contributed by atoms with Crippen molar-refractivity contribution >= 4 is 31.9 Å². The van der Waals surface area contributed by atoms with Gasteiger partial charge >= 0.3 is 0 Å². The number of hydrogen-bond donors (Lipinski definition) is 1. The Bertz CT molecular complexity index is 630. The molecule has 2 aromatic rings. The maximum Gasteiger partial charge on any atom is 0.126 e. The SMILES string of the molecule is CNC1CC(c2cccc(Br)c2)Oc2ccc(Br)cc21. The van der Waals surface area contributed by atoms with Gasteiger partial charge in [0.05, 0.1) is 0 Å². The van der Waals surface area contributed by atoms with Gasteiger partial charge in [-0.3, -0.25) is 0 Å². The van der Waals surface area contributed by atoms with Crippen molar-refractivity contribution in [2.75, 3.05) is 7.05 Å². The minimum Gasteiger partial charge on any atom is -0.485 e. The maximum absolute atomic E-state index is 6.18. The molecule has 1 heterocycles. The molecule has 104 valence electrons. The van der Waals surface area contributed by atoms with E-state index >= 15 is 0 Å². The van der Waals surface area contributed by atoms with E-state index < -0.39 is 0 Å². The van der Waals surface area contributed by atoms with Crippen molar-refractivity contribution in [3.05, 3.63) is 62.5 Å². The van der Waals surface area contributed by atoms with Gasteiger partial charge in [-0.05, 0) is 42.9 Å².